The molecule has 0 bridgehead atoms. The molecule has 0 saturated heterocycles. The van der Waals surface area contributed by atoms with E-state index < -0.39 is 24.5 Å². The molecule has 1 atom stereocenters. The highest BCUT2D eigenvalue weighted by atomic mass is 16.6. The summed E-state index contributed by atoms with van der Waals surface area (Å²) in [6.07, 6.45) is -2.30. The number of esters is 1. The first-order valence-corrected chi connectivity index (χ1v) is 6.15. The average Bonchev–Trinajstić information content (AvgIpc) is 2.30. The average molecular weight is 278 g/mol. The number of hydrogen-bond acceptors (Lipinski definition) is 6. The van der Waals surface area contributed by atoms with Crippen molar-refractivity contribution in [3.63, 3.8) is 0 Å². The standard InChI is InChI=1S/C12H22O7/c1-9(2)8-18-4-3-17-5-6-19-12(16)10(13)7-11(14)15/h9-10,13H,3-8H2,1-2H3,(H,14,15). The van der Waals surface area contributed by atoms with E-state index in [1.807, 2.05) is 13.8 Å². The first-order valence-electron chi connectivity index (χ1n) is 6.15. The van der Waals surface area contributed by atoms with Crippen LogP contribution in [0.1, 0.15) is 20.3 Å². The molecule has 7 nitrogen and oxygen atoms in total. The number of aliphatic carboxylic acids is 1. The number of ether oxygens (including phenoxy) is 3. The summed E-state index contributed by atoms with van der Waals surface area (Å²) >= 11 is 0. The molecule has 112 valence electrons. The summed E-state index contributed by atoms with van der Waals surface area (Å²) < 4.78 is 15.0. The lowest BCUT2D eigenvalue weighted by atomic mass is 10.2. The summed E-state index contributed by atoms with van der Waals surface area (Å²) in [4.78, 5) is 21.3. The second kappa shape index (κ2) is 10.7. The van der Waals surface area contributed by atoms with E-state index in [4.69, 9.17) is 19.7 Å². The lowest BCUT2D eigenvalue weighted by molar-refractivity contribution is -0.159. The van der Waals surface area contributed by atoms with Crippen LogP contribution in [0, 0.1) is 5.92 Å². The van der Waals surface area contributed by atoms with E-state index in [0.29, 0.717) is 25.7 Å². The molecule has 0 saturated carbocycles. The summed E-state index contributed by atoms with van der Waals surface area (Å²) in [5.74, 6) is -1.75. The molecule has 0 spiro atoms. The molecule has 0 radical (unpaired) electrons. The number of carbonyl (C=O) groups is 2. The van der Waals surface area contributed by atoms with Crippen molar-refractivity contribution in [2.45, 2.75) is 26.4 Å². The van der Waals surface area contributed by atoms with Gasteiger partial charge >= 0.3 is 11.9 Å². The number of carboxylic acid groups (broad SMARTS) is 1. The van der Waals surface area contributed by atoms with Gasteiger partial charge in [0.25, 0.3) is 0 Å². The Bertz CT molecular complexity index is 265. The summed E-state index contributed by atoms with van der Waals surface area (Å²) in [6, 6.07) is 0. The molecule has 0 aromatic heterocycles. The molecule has 1 unspecified atom stereocenters. The van der Waals surface area contributed by atoms with Crippen molar-refractivity contribution in [2.75, 3.05) is 33.0 Å². The fraction of sp³-hybridized carbons (Fsp3) is 0.833. The zero-order valence-corrected chi connectivity index (χ0v) is 11.3. The number of aliphatic hydroxyl groups excluding tert-OH is 1. The maximum Gasteiger partial charge on any atom is 0.335 e. The number of hydrogen-bond donors (Lipinski definition) is 2. The number of carboxylic acids is 1. The fourth-order valence-corrected chi connectivity index (χ4v) is 1.09. The van der Waals surface area contributed by atoms with Crippen molar-refractivity contribution >= 4 is 11.9 Å². The van der Waals surface area contributed by atoms with Gasteiger partial charge < -0.3 is 24.4 Å². The number of rotatable bonds is 11. The maximum atomic E-state index is 11.1. The van der Waals surface area contributed by atoms with Crippen molar-refractivity contribution in [1.82, 2.24) is 0 Å². The van der Waals surface area contributed by atoms with Crippen molar-refractivity contribution < 1.29 is 34.0 Å². The molecule has 0 aromatic rings. The molecule has 0 aliphatic carbocycles. The molecular formula is C12H22O7. The molecule has 19 heavy (non-hydrogen) atoms. The molecule has 0 fully saturated rings. The Hall–Kier alpha value is -1.18. The van der Waals surface area contributed by atoms with Crippen LogP contribution in [0.3, 0.4) is 0 Å². The minimum atomic E-state index is -1.63. The first-order chi connectivity index (χ1) is 8.93. The van der Waals surface area contributed by atoms with E-state index in [0.717, 1.165) is 0 Å². The smallest absolute Gasteiger partial charge is 0.335 e. The van der Waals surface area contributed by atoms with Crippen LogP contribution in [0.2, 0.25) is 0 Å². The van der Waals surface area contributed by atoms with E-state index >= 15 is 0 Å². The minimum absolute atomic E-state index is 0.0281. The molecule has 0 rings (SSSR count). The van der Waals surface area contributed by atoms with Gasteiger partial charge in [0, 0.05) is 6.61 Å². The predicted octanol–water partition coefficient (Wildman–Crippen LogP) is 0.0544. The quantitative estimate of drug-likeness (QED) is 0.407. The van der Waals surface area contributed by atoms with Crippen LogP contribution in [0.15, 0.2) is 0 Å². The first kappa shape index (κ1) is 17.8. The fourth-order valence-electron chi connectivity index (χ4n) is 1.09. The highest BCUT2D eigenvalue weighted by Crippen LogP contribution is 1.95. The third kappa shape index (κ3) is 11.6. The zero-order valence-electron chi connectivity index (χ0n) is 11.3. The van der Waals surface area contributed by atoms with Crippen molar-refractivity contribution in [2.24, 2.45) is 5.92 Å². The Morgan fingerprint density at radius 2 is 1.63 bits per heavy atom. The minimum Gasteiger partial charge on any atom is -0.481 e. The third-order valence-electron chi connectivity index (χ3n) is 1.94. The van der Waals surface area contributed by atoms with Crippen LogP contribution in [0.5, 0.6) is 0 Å². The molecular weight excluding hydrogens is 256 g/mol. The van der Waals surface area contributed by atoms with Gasteiger partial charge in [-0.1, -0.05) is 13.8 Å². The van der Waals surface area contributed by atoms with Gasteiger partial charge in [-0.2, -0.15) is 0 Å². The van der Waals surface area contributed by atoms with Crippen LogP contribution in [-0.2, 0) is 23.8 Å². The summed E-state index contributed by atoms with van der Waals surface area (Å²) in [6.45, 7) is 5.76. The SMILES string of the molecule is CC(C)COCCOCCOC(=O)C(O)CC(=O)O. The molecule has 0 heterocycles. The van der Waals surface area contributed by atoms with Crippen LogP contribution in [0.25, 0.3) is 0 Å². The topological polar surface area (TPSA) is 102 Å². The second-order valence-corrected chi connectivity index (χ2v) is 4.36. The largest absolute Gasteiger partial charge is 0.481 e. The van der Waals surface area contributed by atoms with Crippen LogP contribution < -0.4 is 0 Å². The van der Waals surface area contributed by atoms with Crippen molar-refractivity contribution in [3.8, 4) is 0 Å². The third-order valence-corrected chi connectivity index (χ3v) is 1.94. The van der Waals surface area contributed by atoms with Gasteiger partial charge in [0.2, 0.25) is 0 Å². The molecule has 7 heteroatoms. The summed E-state index contributed by atoms with van der Waals surface area (Å²) in [5, 5.41) is 17.5. The molecule has 0 aromatic carbocycles. The lowest BCUT2D eigenvalue weighted by Crippen LogP contribution is -2.27. The Morgan fingerprint density at radius 1 is 1.05 bits per heavy atom. The Morgan fingerprint density at radius 3 is 2.21 bits per heavy atom. The Labute approximate surface area is 112 Å². The number of aliphatic hydroxyl groups is 1. The Kier molecular flexibility index (Phi) is 10.1. The normalized spacial score (nSPS) is 12.4. The Balaban J connectivity index is 3.39. The van der Waals surface area contributed by atoms with E-state index in [9.17, 15) is 9.59 Å². The van der Waals surface area contributed by atoms with Gasteiger partial charge in [0.05, 0.1) is 26.2 Å². The van der Waals surface area contributed by atoms with Crippen LogP contribution >= 0.6 is 0 Å². The van der Waals surface area contributed by atoms with Gasteiger partial charge in [-0.3, -0.25) is 4.79 Å². The van der Waals surface area contributed by atoms with E-state index in [2.05, 4.69) is 4.74 Å². The predicted molar refractivity (Wildman–Crippen MR) is 65.7 cm³/mol. The van der Waals surface area contributed by atoms with Gasteiger partial charge in [0.15, 0.2) is 6.10 Å². The van der Waals surface area contributed by atoms with Crippen molar-refractivity contribution in [3.05, 3.63) is 0 Å². The zero-order chi connectivity index (χ0) is 14.7. The monoisotopic (exact) mass is 278 g/mol. The second-order valence-electron chi connectivity index (χ2n) is 4.36. The van der Waals surface area contributed by atoms with E-state index in [1.54, 1.807) is 0 Å². The molecule has 0 aliphatic rings. The van der Waals surface area contributed by atoms with Crippen molar-refractivity contribution in [1.29, 1.82) is 0 Å². The van der Waals surface area contributed by atoms with Gasteiger partial charge in [-0.05, 0) is 5.92 Å². The van der Waals surface area contributed by atoms with Gasteiger partial charge in [-0.25, -0.2) is 4.79 Å². The van der Waals surface area contributed by atoms with Crippen LogP contribution in [0.4, 0.5) is 0 Å². The van der Waals surface area contributed by atoms with Gasteiger partial charge in [-0.15, -0.1) is 0 Å². The molecule has 2 N–H and O–H groups in total. The van der Waals surface area contributed by atoms with Gasteiger partial charge in [0.1, 0.15) is 6.61 Å². The molecule has 0 amide bonds. The highest BCUT2D eigenvalue weighted by Gasteiger charge is 2.19. The summed E-state index contributed by atoms with van der Waals surface area (Å²) in [5.41, 5.74) is 0. The lowest BCUT2D eigenvalue weighted by Gasteiger charge is -2.10. The maximum absolute atomic E-state index is 11.1. The number of carbonyl (C=O) groups excluding carboxylic acids is 1. The summed E-state index contributed by atoms with van der Waals surface area (Å²) in [7, 11) is 0. The molecule has 0 aliphatic heterocycles. The van der Waals surface area contributed by atoms with E-state index in [1.165, 1.54) is 0 Å². The highest BCUT2D eigenvalue weighted by molar-refractivity contribution is 5.80. The van der Waals surface area contributed by atoms with E-state index in [-0.39, 0.29) is 13.2 Å². The van der Waals surface area contributed by atoms with Crippen LogP contribution in [-0.4, -0.2) is 61.3 Å².